The number of aromatic nitrogens is 1. The summed E-state index contributed by atoms with van der Waals surface area (Å²) in [7, 11) is 0. The molecule has 2 aromatic rings. The first-order valence-corrected chi connectivity index (χ1v) is 13.4. The van der Waals surface area contributed by atoms with Gasteiger partial charge in [0.25, 0.3) is 0 Å². The summed E-state index contributed by atoms with van der Waals surface area (Å²) in [6.45, 7) is 8.99. The Morgan fingerprint density at radius 3 is 2.56 bits per heavy atom. The predicted molar refractivity (Wildman–Crippen MR) is 134 cm³/mol. The van der Waals surface area contributed by atoms with Crippen LogP contribution >= 0.6 is 0 Å². The summed E-state index contributed by atoms with van der Waals surface area (Å²) in [5, 5.41) is 8.87. The number of ether oxygens (including phenoxy) is 1. The lowest BCUT2D eigenvalue weighted by atomic mass is 9.83. The summed E-state index contributed by atoms with van der Waals surface area (Å²) in [6.07, 6.45) is 8.79. The van der Waals surface area contributed by atoms with Crippen molar-refractivity contribution in [1.82, 2.24) is 15.4 Å². The molecule has 5 rings (SSSR count). The van der Waals surface area contributed by atoms with Crippen molar-refractivity contribution < 1.29 is 14.1 Å². The second-order valence-electron chi connectivity index (χ2n) is 10.4. The van der Waals surface area contributed by atoms with E-state index in [1.54, 1.807) is 0 Å². The van der Waals surface area contributed by atoms with Crippen LogP contribution in [0.3, 0.4) is 0 Å². The number of hydrogen-bond donors (Lipinski definition) is 1. The Balaban J connectivity index is 1.02. The monoisotopic (exact) mass is 468 g/mol. The van der Waals surface area contributed by atoms with Crippen molar-refractivity contribution in [3.05, 3.63) is 23.8 Å². The van der Waals surface area contributed by atoms with E-state index in [1.807, 2.05) is 6.07 Å². The smallest absolute Gasteiger partial charge is 0.223 e. The van der Waals surface area contributed by atoms with Crippen LogP contribution in [0.2, 0.25) is 0 Å². The van der Waals surface area contributed by atoms with E-state index in [0.29, 0.717) is 6.04 Å². The molecule has 0 unspecified atom stereocenters. The number of aryl methyl sites for hydroxylation is 1. The average molecular weight is 469 g/mol. The van der Waals surface area contributed by atoms with E-state index in [9.17, 15) is 4.79 Å². The van der Waals surface area contributed by atoms with E-state index in [0.717, 1.165) is 94.2 Å². The van der Waals surface area contributed by atoms with Gasteiger partial charge >= 0.3 is 0 Å². The molecular formula is C27H40N4O3. The van der Waals surface area contributed by atoms with Crippen LogP contribution in [0.4, 0.5) is 5.82 Å². The number of nitrogens with one attached hydrogen (secondary N) is 1. The molecule has 7 nitrogen and oxygen atoms in total. The van der Waals surface area contributed by atoms with Gasteiger partial charge in [0.05, 0.1) is 5.39 Å². The molecule has 1 aromatic heterocycles. The molecule has 0 bridgehead atoms. The highest BCUT2D eigenvalue weighted by atomic mass is 16.5. The zero-order valence-electron chi connectivity index (χ0n) is 20.6. The van der Waals surface area contributed by atoms with E-state index in [-0.39, 0.29) is 11.8 Å². The Hall–Kier alpha value is -2.12. The molecule has 0 spiro atoms. The van der Waals surface area contributed by atoms with Crippen molar-refractivity contribution in [2.45, 2.75) is 64.3 Å². The maximum Gasteiger partial charge on any atom is 0.223 e. The Labute approximate surface area is 203 Å². The molecule has 0 radical (unpaired) electrons. The van der Waals surface area contributed by atoms with Crippen LogP contribution in [0, 0.1) is 11.8 Å². The van der Waals surface area contributed by atoms with E-state index in [4.69, 9.17) is 9.26 Å². The van der Waals surface area contributed by atoms with Crippen LogP contribution in [-0.4, -0.2) is 67.9 Å². The normalized spacial score (nSPS) is 25.0. The van der Waals surface area contributed by atoms with Gasteiger partial charge in [0.15, 0.2) is 11.4 Å². The first-order valence-electron chi connectivity index (χ1n) is 13.4. The van der Waals surface area contributed by atoms with E-state index < -0.39 is 0 Å². The van der Waals surface area contributed by atoms with Crippen LogP contribution in [0.25, 0.3) is 11.0 Å². The molecule has 1 amide bonds. The topological polar surface area (TPSA) is 70.8 Å². The first kappa shape index (κ1) is 23.6. The number of fused-ring (bicyclic) bond motifs is 1. The fourth-order valence-electron chi connectivity index (χ4n) is 5.84. The van der Waals surface area contributed by atoms with Gasteiger partial charge in [-0.3, -0.25) is 9.69 Å². The number of anilines is 1. The first-order chi connectivity index (χ1) is 16.7. The third kappa shape index (κ3) is 5.57. The minimum atomic E-state index is 0.161. The van der Waals surface area contributed by atoms with Crippen LogP contribution < -0.4 is 10.2 Å². The van der Waals surface area contributed by atoms with Gasteiger partial charge in [0.1, 0.15) is 0 Å². The largest absolute Gasteiger partial charge is 0.381 e. The van der Waals surface area contributed by atoms with Crippen molar-refractivity contribution >= 4 is 22.7 Å². The molecule has 0 atom stereocenters. The number of amides is 1. The highest BCUT2D eigenvalue weighted by Crippen LogP contribution is 2.30. The van der Waals surface area contributed by atoms with Gasteiger partial charge in [-0.1, -0.05) is 18.1 Å². The molecule has 3 heterocycles. The van der Waals surface area contributed by atoms with Crippen molar-refractivity contribution in [2.75, 3.05) is 50.8 Å². The van der Waals surface area contributed by atoms with E-state index in [1.165, 1.54) is 31.4 Å². The van der Waals surface area contributed by atoms with Crippen LogP contribution in [0.1, 0.15) is 57.4 Å². The molecular weight excluding hydrogens is 428 g/mol. The average Bonchev–Trinajstić information content (AvgIpc) is 3.32. The van der Waals surface area contributed by atoms with Crippen LogP contribution in [0.5, 0.6) is 0 Å². The number of carbonyl (C=O) groups excluding carboxylic acids is 1. The van der Waals surface area contributed by atoms with Crippen LogP contribution in [-0.2, 0) is 16.0 Å². The lowest BCUT2D eigenvalue weighted by Crippen LogP contribution is -2.47. The molecule has 2 aliphatic heterocycles. The number of rotatable bonds is 7. The van der Waals surface area contributed by atoms with Gasteiger partial charge in [-0.15, -0.1) is 0 Å². The fourth-order valence-corrected chi connectivity index (χ4v) is 5.84. The summed E-state index contributed by atoms with van der Waals surface area (Å²) in [6, 6.07) is 6.78. The zero-order chi connectivity index (χ0) is 23.3. The third-order valence-electron chi connectivity index (χ3n) is 8.23. The lowest BCUT2D eigenvalue weighted by molar-refractivity contribution is -0.128. The standard InChI is InChI=1S/C27H40N4O3/c1-2-20-5-8-25-24(19-20)26(29-34-25)31-15-13-30(14-16-31)12-9-21-3-6-23(7-4-21)28-27(32)22-10-17-33-18-11-22/h5,8,19,21-23H,2-4,6-7,9-18H2,1H3,(H,28,32). The highest BCUT2D eigenvalue weighted by molar-refractivity contribution is 5.89. The minimum Gasteiger partial charge on any atom is -0.381 e. The summed E-state index contributed by atoms with van der Waals surface area (Å²) in [4.78, 5) is 17.5. The zero-order valence-corrected chi connectivity index (χ0v) is 20.6. The SMILES string of the molecule is CCc1ccc2onc(N3CCN(CCC4CCC(NC(=O)C5CCOCC5)CC4)CC3)c2c1. The molecule has 1 aromatic carbocycles. The van der Waals surface area contributed by atoms with E-state index >= 15 is 0 Å². The Kier molecular flexibility index (Phi) is 7.70. The maximum atomic E-state index is 12.5. The maximum absolute atomic E-state index is 12.5. The lowest BCUT2D eigenvalue weighted by Gasteiger charge is -2.36. The number of piperazine rings is 1. The molecule has 2 saturated heterocycles. The number of nitrogens with zero attached hydrogens (tertiary/aromatic N) is 3. The van der Waals surface area contributed by atoms with Crippen molar-refractivity contribution in [2.24, 2.45) is 11.8 Å². The van der Waals surface area contributed by atoms with Gasteiger partial charge in [-0.2, -0.15) is 0 Å². The molecule has 3 fully saturated rings. The van der Waals surface area contributed by atoms with Crippen molar-refractivity contribution in [3.63, 3.8) is 0 Å². The van der Waals surface area contributed by atoms with E-state index in [2.05, 4.69) is 39.3 Å². The second kappa shape index (κ2) is 11.1. The predicted octanol–water partition coefficient (Wildman–Crippen LogP) is 4.00. The third-order valence-corrected chi connectivity index (χ3v) is 8.23. The minimum absolute atomic E-state index is 0.161. The highest BCUT2D eigenvalue weighted by Gasteiger charge is 2.28. The van der Waals surface area contributed by atoms with Gasteiger partial charge < -0.3 is 19.5 Å². The molecule has 34 heavy (non-hydrogen) atoms. The summed E-state index contributed by atoms with van der Waals surface area (Å²) in [5.74, 6) is 2.22. The summed E-state index contributed by atoms with van der Waals surface area (Å²) >= 11 is 0. The molecule has 7 heteroatoms. The molecule has 186 valence electrons. The number of benzene rings is 1. The van der Waals surface area contributed by atoms with Crippen molar-refractivity contribution in [1.29, 1.82) is 0 Å². The van der Waals surface area contributed by atoms with Crippen molar-refractivity contribution in [3.8, 4) is 0 Å². The van der Waals surface area contributed by atoms with Gasteiger partial charge in [0, 0.05) is 51.4 Å². The van der Waals surface area contributed by atoms with Gasteiger partial charge in [-0.05, 0) is 81.5 Å². The second-order valence-corrected chi connectivity index (χ2v) is 10.4. The van der Waals surface area contributed by atoms with Crippen LogP contribution in [0.15, 0.2) is 22.7 Å². The molecule has 1 saturated carbocycles. The fraction of sp³-hybridized carbons (Fsp3) is 0.704. The summed E-state index contributed by atoms with van der Waals surface area (Å²) in [5.41, 5.74) is 2.21. The van der Waals surface area contributed by atoms with Gasteiger partial charge in [0.2, 0.25) is 5.91 Å². The molecule has 3 aliphatic rings. The quantitative estimate of drug-likeness (QED) is 0.662. The number of carbonyl (C=O) groups is 1. The molecule has 1 aliphatic carbocycles. The Bertz CT molecular complexity index is 938. The Morgan fingerprint density at radius 2 is 1.82 bits per heavy atom. The summed E-state index contributed by atoms with van der Waals surface area (Å²) < 4.78 is 11.0. The van der Waals surface area contributed by atoms with Gasteiger partial charge in [-0.25, -0.2) is 0 Å². The molecule has 1 N–H and O–H groups in total. The Morgan fingerprint density at radius 1 is 1.06 bits per heavy atom. The number of hydrogen-bond acceptors (Lipinski definition) is 6.